The van der Waals surface area contributed by atoms with Crippen LogP contribution in [0.5, 0.6) is 0 Å². The van der Waals surface area contributed by atoms with E-state index in [1.54, 1.807) is 6.08 Å². The van der Waals surface area contributed by atoms with Crippen LogP contribution in [0.4, 0.5) is 0 Å². The molecule has 0 atom stereocenters. The second kappa shape index (κ2) is 4.38. The van der Waals surface area contributed by atoms with Crippen LogP contribution in [0.1, 0.15) is 45.4 Å². The molecule has 1 amide bonds. The molecule has 0 N–H and O–H groups in total. The lowest BCUT2D eigenvalue weighted by Gasteiger charge is -2.39. The van der Waals surface area contributed by atoms with Gasteiger partial charge in [-0.2, -0.15) is 0 Å². The highest BCUT2D eigenvalue weighted by Crippen LogP contribution is 2.46. The molecule has 84 valence electrons. The Morgan fingerprint density at radius 2 is 1.73 bits per heavy atom. The lowest BCUT2D eigenvalue weighted by Crippen LogP contribution is -2.41. The van der Waals surface area contributed by atoms with Gasteiger partial charge in [0.25, 0.3) is 0 Å². The number of amides is 1. The zero-order valence-corrected chi connectivity index (χ0v) is 9.67. The minimum absolute atomic E-state index is 0.199. The van der Waals surface area contributed by atoms with Crippen LogP contribution in [-0.2, 0) is 4.79 Å². The Kier molecular flexibility index (Phi) is 3.13. The number of likely N-dealkylation sites (tertiary alicyclic amines) is 1. The molecule has 1 saturated heterocycles. The molecule has 0 aromatic heterocycles. The first-order chi connectivity index (χ1) is 7.26. The van der Waals surface area contributed by atoms with E-state index in [-0.39, 0.29) is 5.91 Å². The first kappa shape index (κ1) is 10.7. The molecule has 1 saturated carbocycles. The fourth-order valence-corrected chi connectivity index (χ4v) is 3.07. The van der Waals surface area contributed by atoms with E-state index in [2.05, 4.69) is 0 Å². The van der Waals surface area contributed by atoms with E-state index in [9.17, 15) is 4.79 Å². The standard InChI is InChI=1S/C13H21NO/c1-2-5-12(15)14-10-8-13(9-11-14)6-3-4-7-13/h2,5H,3-4,6-11H2,1H3. The summed E-state index contributed by atoms with van der Waals surface area (Å²) in [6.45, 7) is 3.85. The average Bonchev–Trinajstić information content (AvgIpc) is 2.68. The third-order valence-corrected chi connectivity index (χ3v) is 4.11. The summed E-state index contributed by atoms with van der Waals surface area (Å²) >= 11 is 0. The van der Waals surface area contributed by atoms with Gasteiger partial charge in [-0.3, -0.25) is 4.79 Å². The van der Waals surface area contributed by atoms with Crippen LogP contribution in [0.25, 0.3) is 0 Å². The van der Waals surface area contributed by atoms with Crippen molar-refractivity contribution >= 4 is 5.91 Å². The number of hydrogen-bond acceptors (Lipinski definition) is 1. The Hall–Kier alpha value is -0.790. The summed E-state index contributed by atoms with van der Waals surface area (Å²) in [6.07, 6.45) is 11.6. The molecule has 1 aliphatic heterocycles. The largest absolute Gasteiger partial charge is 0.339 e. The van der Waals surface area contributed by atoms with Crippen LogP contribution in [-0.4, -0.2) is 23.9 Å². The molecule has 2 fully saturated rings. The monoisotopic (exact) mass is 207 g/mol. The molecule has 2 rings (SSSR count). The van der Waals surface area contributed by atoms with Crippen LogP contribution in [0, 0.1) is 5.41 Å². The molecule has 0 radical (unpaired) electrons. The van der Waals surface area contributed by atoms with Crippen LogP contribution < -0.4 is 0 Å². The number of piperidine rings is 1. The zero-order chi connectivity index (χ0) is 10.7. The van der Waals surface area contributed by atoms with Gasteiger partial charge >= 0.3 is 0 Å². The molecule has 2 aliphatic rings. The van der Waals surface area contributed by atoms with E-state index in [0.29, 0.717) is 5.41 Å². The number of allylic oxidation sites excluding steroid dienone is 1. The van der Waals surface area contributed by atoms with Crippen molar-refractivity contribution in [2.24, 2.45) is 5.41 Å². The van der Waals surface area contributed by atoms with E-state index in [1.165, 1.54) is 38.5 Å². The van der Waals surface area contributed by atoms with Crippen LogP contribution in [0.2, 0.25) is 0 Å². The Labute approximate surface area is 92.3 Å². The summed E-state index contributed by atoms with van der Waals surface area (Å²) < 4.78 is 0. The van der Waals surface area contributed by atoms with Crippen molar-refractivity contribution in [3.63, 3.8) is 0 Å². The summed E-state index contributed by atoms with van der Waals surface area (Å²) in [5, 5.41) is 0. The number of rotatable bonds is 1. The molecular weight excluding hydrogens is 186 g/mol. The Morgan fingerprint density at radius 1 is 1.13 bits per heavy atom. The van der Waals surface area contributed by atoms with Crippen molar-refractivity contribution in [3.8, 4) is 0 Å². The first-order valence-electron chi connectivity index (χ1n) is 6.17. The van der Waals surface area contributed by atoms with Crippen molar-refractivity contribution in [1.82, 2.24) is 4.90 Å². The van der Waals surface area contributed by atoms with Crippen molar-refractivity contribution < 1.29 is 4.79 Å². The second-order valence-corrected chi connectivity index (χ2v) is 5.03. The molecule has 15 heavy (non-hydrogen) atoms. The van der Waals surface area contributed by atoms with Gasteiger partial charge in [-0.15, -0.1) is 0 Å². The van der Waals surface area contributed by atoms with E-state index in [0.717, 1.165) is 13.1 Å². The van der Waals surface area contributed by atoms with Gasteiger partial charge in [0.1, 0.15) is 0 Å². The summed E-state index contributed by atoms with van der Waals surface area (Å²) in [7, 11) is 0. The fraction of sp³-hybridized carbons (Fsp3) is 0.769. The number of nitrogens with zero attached hydrogens (tertiary/aromatic N) is 1. The molecule has 1 aliphatic carbocycles. The Bertz CT molecular complexity index is 254. The van der Waals surface area contributed by atoms with Gasteiger partial charge in [-0.05, 0) is 44.1 Å². The van der Waals surface area contributed by atoms with Gasteiger partial charge in [-0.1, -0.05) is 18.9 Å². The van der Waals surface area contributed by atoms with Crippen LogP contribution in [0.3, 0.4) is 0 Å². The van der Waals surface area contributed by atoms with Gasteiger partial charge in [0, 0.05) is 13.1 Å². The molecule has 0 aromatic rings. The maximum atomic E-state index is 11.6. The molecule has 1 spiro atoms. The van der Waals surface area contributed by atoms with Crippen molar-refractivity contribution in [2.45, 2.75) is 45.4 Å². The Morgan fingerprint density at radius 3 is 2.27 bits per heavy atom. The normalized spacial score (nSPS) is 25.3. The molecule has 1 heterocycles. The summed E-state index contributed by atoms with van der Waals surface area (Å²) in [6, 6.07) is 0. The maximum absolute atomic E-state index is 11.6. The van der Waals surface area contributed by atoms with Gasteiger partial charge < -0.3 is 4.90 Å². The number of hydrogen-bond donors (Lipinski definition) is 0. The predicted molar refractivity (Wildman–Crippen MR) is 61.5 cm³/mol. The number of carbonyl (C=O) groups is 1. The summed E-state index contributed by atoms with van der Waals surface area (Å²) in [4.78, 5) is 13.6. The maximum Gasteiger partial charge on any atom is 0.246 e. The third kappa shape index (κ3) is 2.24. The van der Waals surface area contributed by atoms with Crippen LogP contribution >= 0.6 is 0 Å². The van der Waals surface area contributed by atoms with Crippen molar-refractivity contribution in [3.05, 3.63) is 12.2 Å². The van der Waals surface area contributed by atoms with Crippen LogP contribution in [0.15, 0.2) is 12.2 Å². The van der Waals surface area contributed by atoms with Gasteiger partial charge in [-0.25, -0.2) is 0 Å². The quantitative estimate of drug-likeness (QED) is 0.605. The van der Waals surface area contributed by atoms with E-state index >= 15 is 0 Å². The summed E-state index contributed by atoms with van der Waals surface area (Å²) in [5.41, 5.74) is 0.618. The minimum Gasteiger partial charge on any atom is -0.339 e. The molecule has 0 bridgehead atoms. The van der Waals surface area contributed by atoms with Gasteiger partial charge in [0.05, 0.1) is 0 Å². The van der Waals surface area contributed by atoms with E-state index in [4.69, 9.17) is 0 Å². The lowest BCUT2D eigenvalue weighted by molar-refractivity contribution is -0.128. The van der Waals surface area contributed by atoms with Gasteiger partial charge in [0.15, 0.2) is 0 Å². The molecular formula is C13H21NO. The predicted octanol–water partition coefficient (Wildman–Crippen LogP) is 2.75. The number of carbonyl (C=O) groups excluding carboxylic acids is 1. The average molecular weight is 207 g/mol. The highest BCUT2D eigenvalue weighted by molar-refractivity contribution is 5.87. The highest BCUT2D eigenvalue weighted by Gasteiger charge is 2.37. The molecule has 0 unspecified atom stereocenters. The topological polar surface area (TPSA) is 20.3 Å². The van der Waals surface area contributed by atoms with E-state index < -0.39 is 0 Å². The fourth-order valence-electron chi connectivity index (χ4n) is 3.07. The van der Waals surface area contributed by atoms with Gasteiger partial charge in [0.2, 0.25) is 5.91 Å². The molecule has 2 heteroatoms. The third-order valence-electron chi connectivity index (χ3n) is 4.11. The molecule has 2 nitrogen and oxygen atoms in total. The minimum atomic E-state index is 0.199. The van der Waals surface area contributed by atoms with Crippen molar-refractivity contribution in [1.29, 1.82) is 0 Å². The zero-order valence-electron chi connectivity index (χ0n) is 9.67. The second-order valence-electron chi connectivity index (χ2n) is 5.03. The van der Waals surface area contributed by atoms with Crippen molar-refractivity contribution in [2.75, 3.05) is 13.1 Å². The SMILES string of the molecule is CC=CC(=O)N1CCC2(CCCC2)CC1. The molecule has 0 aromatic carbocycles. The highest BCUT2D eigenvalue weighted by atomic mass is 16.2. The summed E-state index contributed by atoms with van der Waals surface area (Å²) in [5.74, 6) is 0.199. The van der Waals surface area contributed by atoms with E-state index in [1.807, 2.05) is 17.9 Å². The Balaban J connectivity index is 1.89. The lowest BCUT2D eigenvalue weighted by atomic mass is 9.77. The first-order valence-corrected chi connectivity index (χ1v) is 6.17. The smallest absolute Gasteiger partial charge is 0.246 e.